The lowest BCUT2D eigenvalue weighted by atomic mass is 9.94. The third-order valence-corrected chi connectivity index (χ3v) is 6.51. The lowest BCUT2D eigenvalue weighted by molar-refractivity contribution is 0.0766. The van der Waals surface area contributed by atoms with E-state index in [0.717, 1.165) is 35.4 Å². The summed E-state index contributed by atoms with van der Waals surface area (Å²) in [7, 11) is 2.18. The highest BCUT2D eigenvalue weighted by Crippen LogP contribution is 2.24. The number of carbonyl (C=O) groups is 1. The minimum atomic E-state index is -0.200. The molecule has 7 heteroatoms. The Balaban J connectivity index is 0.00000289. The predicted octanol–water partition coefficient (Wildman–Crippen LogP) is 5.46. The number of aromatic amines is 1. The van der Waals surface area contributed by atoms with Gasteiger partial charge in [0.25, 0.3) is 5.91 Å². The minimum Gasteiger partial charge on any atom is -0.379 e. The average Bonchev–Trinajstić information content (AvgIpc) is 3.17. The van der Waals surface area contributed by atoms with Gasteiger partial charge < -0.3 is 19.9 Å². The van der Waals surface area contributed by atoms with Crippen LogP contribution in [0.5, 0.6) is 0 Å². The fourth-order valence-electron chi connectivity index (χ4n) is 4.18. The van der Waals surface area contributed by atoms with Crippen molar-refractivity contribution in [3.05, 3.63) is 70.9 Å². The van der Waals surface area contributed by atoms with E-state index in [2.05, 4.69) is 22.2 Å². The number of amides is 1. The van der Waals surface area contributed by atoms with Crippen LogP contribution in [0.3, 0.4) is 0 Å². The molecule has 1 aromatic heterocycles. The number of nitrogens with zero attached hydrogens (tertiary/aromatic N) is 1. The Morgan fingerprint density at radius 1 is 1.22 bits per heavy atom. The monoisotopic (exact) mass is 475 g/mol. The predicted molar refractivity (Wildman–Crippen MR) is 133 cm³/mol. The van der Waals surface area contributed by atoms with Crippen LogP contribution in [0.15, 0.2) is 54.7 Å². The number of likely N-dealkylation sites (tertiary alicyclic amines) is 1. The maximum absolute atomic E-state index is 13.0. The molecule has 0 bridgehead atoms. The zero-order valence-electron chi connectivity index (χ0n) is 18.4. The van der Waals surface area contributed by atoms with Crippen molar-refractivity contribution in [2.24, 2.45) is 5.92 Å². The van der Waals surface area contributed by atoms with Gasteiger partial charge in [-0.1, -0.05) is 48.0 Å². The summed E-state index contributed by atoms with van der Waals surface area (Å²) in [6.45, 7) is 3.52. The zero-order chi connectivity index (χ0) is 21.6. The number of benzene rings is 2. The molecule has 2 heterocycles. The van der Waals surface area contributed by atoms with E-state index in [1.165, 1.54) is 25.9 Å². The van der Waals surface area contributed by atoms with Crippen LogP contribution in [0, 0.1) is 5.92 Å². The van der Waals surface area contributed by atoms with E-state index in [-0.39, 0.29) is 24.4 Å². The molecule has 0 aliphatic carbocycles. The van der Waals surface area contributed by atoms with Crippen LogP contribution in [-0.4, -0.2) is 49.1 Å². The van der Waals surface area contributed by atoms with Crippen molar-refractivity contribution in [2.75, 3.05) is 33.4 Å². The molecule has 1 amide bonds. The third kappa shape index (κ3) is 6.26. The van der Waals surface area contributed by atoms with E-state index in [1.54, 1.807) is 12.3 Å². The molecule has 1 aliphatic heterocycles. The van der Waals surface area contributed by atoms with E-state index in [0.29, 0.717) is 17.2 Å². The molecule has 0 radical (unpaired) electrons. The number of hydrogen-bond donors (Lipinski definition) is 2. The number of nitrogens with one attached hydrogen (secondary N) is 2. The summed E-state index contributed by atoms with van der Waals surface area (Å²) < 4.78 is 6.04. The normalized spacial score (nSPS) is 15.9. The highest BCUT2D eigenvalue weighted by atomic mass is 35.5. The van der Waals surface area contributed by atoms with Crippen molar-refractivity contribution in [3.63, 3.8) is 0 Å². The van der Waals surface area contributed by atoms with Crippen LogP contribution in [0.25, 0.3) is 10.9 Å². The molecule has 1 fully saturated rings. The molecule has 1 aliphatic rings. The first-order chi connectivity index (χ1) is 15.1. The molecule has 5 nitrogen and oxygen atoms in total. The van der Waals surface area contributed by atoms with Crippen molar-refractivity contribution in [2.45, 2.75) is 25.3 Å². The first-order valence-electron chi connectivity index (χ1n) is 11.0. The fourth-order valence-corrected chi connectivity index (χ4v) is 4.40. The second-order valence-electron chi connectivity index (χ2n) is 8.44. The Labute approximate surface area is 200 Å². The van der Waals surface area contributed by atoms with Gasteiger partial charge in [0.2, 0.25) is 0 Å². The second kappa shape index (κ2) is 11.7. The number of halogens is 2. The van der Waals surface area contributed by atoms with E-state index >= 15 is 0 Å². The van der Waals surface area contributed by atoms with E-state index in [1.807, 2.05) is 42.5 Å². The number of carbonyl (C=O) groups excluding carboxylic acids is 1. The van der Waals surface area contributed by atoms with Crippen LogP contribution < -0.4 is 5.32 Å². The molecule has 32 heavy (non-hydrogen) atoms. The zero-order valence-corrected chi connectivity index (χ0v) is 19.9. The number of H-pyrrole nitrogens is 1. The summed E-state index contributed by atoms with van der Waals surface area (Å²) in [5, 5.41) is 4.71. The Bertz CT molecular complexity index is 1000. The lowest BCUT2D eigenvalue weighted by Crippen LogP contribution is -2.32. The SMILES string of the molecule is CN1CCC(CCOC[C@H](NC(=O)c2ccc3c(Cl)c[nH]c3c2)c2ccccc2)CC1.Cl. The largest absolute Gasteiger partial charge is 0.379 e. The molecular formula is C25H31Cl2N3O2. The van der Waals surface area contributed by atoms with Gasteiger partial charge in [0.05, 0.1) is 17.7 Å². The number of piperidine rings is 1. The van der Waals surface area contributed by atoms with Crippen LogP contribution >= 0.6 is 24.0 Å². The van der Waals surface area contributed by atoms with E-state index in [4.69, 9.17) is 16.3 Å². The summed E-state index contributed by atoms with van der Waals surface area (Å²) >= 11 is 6.15. The van der Waals surface area contributed by atoms with Crippen LogP contribution in [0.4, 0.5) is 0 Å². The lowest BCUT2D eigenvalue weighted by Gasteiger charge is -2.29. The third-order valence-electron chi connectivity index (χ3n) is 6.19. The van der Waals surface area contributed by atoms with Gasteiger partial charge in [-0.3, -0.25) is 4.79 Å². The molecular weight excluding hydrogens is 445 g/mol. The maximum atomic E-state index is 13.0. The molecule has 0 spiro atoms. The Hall–Kier alpha value is -2.05. The maximum Gasteiger partial charge on any atom is 0.251 e. The van der Waals surface area contributed by atoms with Gasteiger partial charge in [-0.2, -0.15) is 0 Å². The molecule has 2 aromatic carbocycles. The molecule has 0 saturated carbocycles. The second-order valence-corrected chi connectivity index (χ2v) is 8.85. The standard InChI is InChI=1S/C25H30ClN3O2.ClH/c1-29-12-9-18(10-13-29)11-14-31-17-24(19-5-3-2-4-6-19)28-25(30)20-7-8-21-22(26)16-27-23(21)15-20;/h2-8,15-16,18,24,27H,9-14,17H2,1H3,(H,28,30);1H/t24-;/m0./s1. The van der Waals surface area contributed by atoms with Gasteiger partial charge >= 0.3 is 0 Å². The van der Waals surface area contributed by atoms with Crippen LogP contribution in [-0.2, 0) is 4.74 Å². The number of rotatable bonds is 8. The number of aromatic nitrogens is 1. The highest BCUT2D eigenvalue weighted by Gasteiger charge is 2.19. The molecule has 3 aromatic rings. The number of ether oxygens (including phenoxy) is 1. The fraction of sp³-hybridized carbons (Fsp3) is 0.400. The summed E-state index contributed by atoms with van der Waals surface area (Å²) in [5.74, 6) is 0.612. The van der Waals surface area contributed by atoms with Crippen LogP contribution in [0.2, 0.25) is 5.02 Å². The summed E-state index contributed by atoms with van der Waals surface area (Å²) in [6.07, 6.45) is 5.29. The summed E-state index contributed by atoms with van der Waals surface area (Å²) in [5.41, 5.74) is 2.49. The minimum absolute atomic E-state index is 0. The average molecular weight is 476 g/mol. The van der Waals surface area contributed by atoms with Crippen molar-refractivity contribution < 1.29 is 9.53 Å². The van der Waals surface area contributed by atoms with Crippen molar-refractivity contribution in [3.8, 4) is 0 Å². The van der Waals surface area contributed by atoms with Gasteiger partial charge in [0.1, 0.15) is 0 Å². The molecule has 2 N–H and O–H groups in total. The number of hydrogen-bond acceptors (Lipinski definition) is 3. The first-order valence-corrected chi connectivity index (χ1v) is 11.4. The van der Waals surface area contributed by atoms with E-state index in [9.17, 15) is 4.79 Å². The van der Waals surface area contributed by atoms with Crippen molar-refractivity contribution >= 4 is 40.8 Å². The van der Waals surface area contributed by atoms with Gasteiger partial charge in [-0.15, -0.1) is 12.4 Å². The molecule has 0 unspecified atom stereocenters. The Morgan fingerprint density at radius 2 is 1.97 bits per heavy atom. The summed E-state index contributed by atoms with van der Waals surface area (Å²) in [6, 6.07) is 15.3. The van der Waals surface area contributed by atoms with Crippen LogP contribution in [0.1, 0.15) is 41.2 Å². The molecule has 4 rings (SSSR count). The van der Waals surface area contributed by atoms with E-state index < -0.39 is 0 Å². The smallest absolute Gasteiger partial charge is 0.251 e. The quantitative estimate of drug-likeness (QED) is 0.425. The Kier molecular flexibility index (Phi) is 9.00. The van der Waals surface area contributed by atoms with Crippen molar-refractivity contribution in [1.82, 2.24) is 15.2 Å². The summed E-state index contributed by atoms with van der Waals surface area (Å²) in [4.78, 5) is 18.5. The first kappa shape index (κ1) is 24.6. The van der Waals surface area contributed by atoms with Gasteiger partial charge in [0, 0.05) is 29.3 Å². The molecule has 172 valence electrons. The van der Waals surface area contributed by atoms with Gasteiger partial charge in [-0.05, 0) is 63.0 Å². The van der Waals surface area contributed by atoms with Gasteiger partial charge in [0.15, 0.2) is 0 Å². The highest BCUT2D eigenvalue weighted by molar-refractivity contribution is 6.35. The molecule has 1 saturated heterocycles. The number of fused-ring (bicyclic) bond motifs is 1. The molecule has 1 atom stereocenters. The van der Waals surface area contributed by atoms with Gasteiger partial charge in [-0.25, -0.2) is 0 Å². The Morgan fingerprint density at radius 3 is 2.72 bits per heavy atom. The topological polar surface area (TPSA) is 57.4 Å². The van der Waals surface area contributed by atoms with Crippen molar-refractivity contribution in [1.29, 1.82) is 0 Å².